The standard InChI is InChI=1S/C16H17N5S/c1-2-6-13(7-3-1)16-17-19-21(18-16)12-20-10-4-8-14(20)15-9-5-11-22-15/h1-3,5-7,9,11,14H,4,8,10,12H2. The van der Waals surface area contributed by atoms with Crippen LogP contribution in [0.5, 0.6) is 0 Å². The summed E-state index contributed by atoms with van der Waals surface area (Å²) in [5.41, 5.74) is 1.00. The molecular weight excluding hydrogens is 294 g/mol. The number of likely N-dealkylation sites (tertiary alicyclic amines) is 1. The van der Waals surface area contributed by atoms with Gasteiger partial charge >= 0.3 is 0 Å². The van der Waals surface area contributed by atoms with Gasteiger partial charge in [-0.15, -0.1) is 26.3 Å². The number of hydrogen-bond acceptors (Lipinski definition) is 5. The van der Waals surface area contributed by atoms with Gasteiger partial charge in [0.2, 0.25) is 5.82 Å². The number of benzene rings is 1. The Morgan fingerprint density at radius 2 is 2.05 bits per heavy atom. The third-order valence-corrected chi connectivity index (χ3v) is 5.00. The second kappa shape index (κ2) is 5.98. The van der Waals surface area contributed by atoms with Crippen LogP contribution in [0.3, 0.4) is 0 Å². The Kier molecular flexibility index (Phi) is 3.70. The molecule has 1 fully saturated rings. The largest absolute Gasteiger partial charge is 0.275 e. The molecule has 0 N–H and O–H groups in total. The molecule has 3 aromatic rings. The topological polar surface area (TPSA) is 46.8 Å². The van der Waals surface area contributed by atoms with Crippen molar-refractivity contribution in [3.8, 4) is 11.4 Å². The molecule has 0 amide bonds. The molecule has 4 rings (SSSR count). The van der Waals surface area contributed by atoms with Gasteiger partial charge in [-0.1, -0.05) is 36.4 Å². The average molecular weight is 311 g/mol. The molecule has 0 bridgehead atoms. The number of rotatable bonds is 4. The van der Waals surface area contributed by atoms with Crippen LogP contribution in [0.1, 0.15) is 23.8 Å². The first-order chi connectivity index (χ1) is 10.9. The molecular formula is C16H17N5S. The molecule has 1 atom stereocenters. The van der Waals surface area contributed by atoms with Crippen LogP contribution in [0, 0.1) is 0 Å². The molecule has 1 unspecified atom stereocenters. The average Bonchev–Trinajstić information content (AvgIpc) is 3.30. The van der Waals surface area contributed by atoms with Crippen LogP contribution >= 0.6 is 11.3 Å². The summed E-state index contributed by atoms with van der Waals surface area (Å²) < 4.78 is 0. The molecule has 1 saturated heterocycles. The van der Waals surface area contributed by atoms with Crippen LogP contribution in [-0.4, -0.2) is 31.7 Å². The minimum atomic E-state index is 0.492. The van der Waals surface area contributed by atoms with E-state index in [1.54, 1.807) is 4.80 Å². The summed E-state index contributed by atoms with van der Waals surface area (Å²) in [6.45, 7) is 1.78. The highest BCUT2D eigenvalue weighted by molar-refractivity contribution is 7.10. The van der Waals surface area contributed by atoms with Crippen molar-refractivity contribution in [2.24, 2.45) is 0 Å². The third kappa shape index (κ3) is 2.67. The van der Waals surface area contributed by atoms with Gasteiger partial charge in [0.05, 0.1) is 0 Å². The lowest BCUT2D eigenvalue weighted by atomic mass is 10.2. The Morgan fingerprint density at radius 1 is 1.14 bits per heavy atom. The van der Waals surface area contributed by atoms with E-state index in [1.165, 1.54) is 17.7 Å². The van der Waals surface area contributed by atoms with Crippen molar-refractivity contribution in [2.45, 2.75) is 25.6 Å². The fourth-order valence-corrected chi connectivity index (χ4v) is 3.86. The second-order valence-electron chi connectivity index (χ2n) is 5.48. The molecule has 2 aromatic heterocycles. The van der Waals surface area contributed by atoms with Crippen LogP contribution in [0.4, 0.5) is 0 Å². The van der Waals surface area contributed by atoms with Gasteiger partial charge in [0.25, 0.3) is 0 Å². The van der Waals surface area contributed by atoms with Crippen LogP contribution in [0.2, 0.25) is 0 Å². The molecule has 0 radical (unpaired) electrons. The second-order valence-corrected chi connectivity index (χ2v) is 6.46. The number of thiophene rings is 1. The van der Waals surface area contributed by atoms with Crippen LogP contribution in [0.15, 0.2) is 47.8 Å². The van der Waals surface area contributed by atoms with Crippen LogP contribution < -0.4 is 0 Å². The number of hydrogen-bond donors (Lipinski definition) is 0. The number of tetrazole rings is 1. The highest BCUT2D eigenvalue weighted by Gasteiger charge is 2.27. The van der Waals surface area contributed by atoms with E-state index < -0.39 is 0 Å². The molecule has 6 heteroatoms. The predicted molar refractivity (Wildman–Crippen MR) is 86.3 cm³/mol. The lowest BCUT2D eigenvalue weighted by Crippen LogP contribution is -2.27. The zero-order chi connectivity index (χ0) is 14.8. The molecule has 3 heterocycles. The van der Waals surface area contributed by atoms with E-state index >= 15 is 0 Å². The fraction of sp³-hybridized carbons (Fsp3) is 0.312. The minimum absolute atomic E-state index is 0.492. The van der Waals surface area contributed by atoms with Gasteiger partial charge in [-0.3, -0.25) is 4.90 Å². The van der Waals surface area contributed by atoms with E-state index in [9.17, 15) is 0 Å². The molecule has 1 aromatic carbocycles. The fourth-order valence-electron chi connectivity index (χ4n) is 2.97. The first kappa shape index (κ1) is 13.6. The van der Waals surface area contributed by atoms with E-state index in [1.807, 2.05) is 41.7 Å². The molecule has 1 aliphatic rings. The molecule has 5 nitrogen and oxygen atoms in total. The van der Waals surface area contributed by atoms with Crippen LogP contribution in [-0.2, 0) is 6.67 Å². The van der Waals surface area contributed by atoms with Gasteiger partial charge in [-0.25, -0.2) is 0 Å². The molecule has 0 saturated carbocycles. The number of aromatic nitrogens is 4. The summed E-state index contributed by atoms with van der Waals surface area (Å²) in [5.74, 6) is 0.687. The van der Waals surface area contributed by atoms with Crippen molar-refractivity contribution in [1.82, 2.24) is 25.1 Å². The normalized spacial score (nSPS) is 18.8. The Labute approximate surface area is 133 Å². The first-order valence-electron chi connectivity index (χ1n) is 7.51. The Bertz CT molecular complexity index is 722. The van der Waals surface area contributed by atoms with Crippen molar-refractivity contribution < 1.29 is 0 Å². The van der Waals surface area contributed by atoms with Crippen LogP contribution in [0.25, 0.3) is 11.4 Å². The zero-order valence-electron chi connectivity index (χ0n) is 12.2. The molecule has 1 aliphatic heterocycles. The van der Waals surface area contributed by atoms with Crippen molar-refractivity contribution in [3.63, 3.8) is 0 Å². The summed E-state index contributed by atoms with van der Waals surface area (Å²) in [4.78, 5) is 5.57. The summed E-state index contributed by atoms with van der Waals surface area (Å²) in [6, 6.07) is 14.8. The quantitative estimate of drug-likeness (QED) is 0.742. The molecule has 112 valence electrons. The van der Waals surface area contributed by atoms with Gasteiger partial charge < -0.3 is 0 Å². The van der Waals surface area contributed by atoms with Crippen molar-refractivity contribution in [2.75, 3.05) is 6.54 Å². The first-order valence-corrected chi connectivity index (χ1v) is 8.39. The van der Waals surface area contributed by atoms with Gasteiger partial charge in [0.15, 0.2) is 0 Å². The van der Waals surface area contributed by atoms with Crippen molar-refractivity contribution in [1.29, 1.82) is 0 Å². The van der Waals surface area contributed by atoms with Crippen molar-refractivity contribution in [3.05, 3.63) is 52.7 Å². The Hall–Kier alpha value is -2.05. The highest BCUT2D eigenvalue weighted by atomic mass is 32.1. The van der Waals surface area contributed by atoms with E-state index in [0.717, 1.165) is 12.1 Å². The van der Waals surface area contributed by atoms with E-state index in [4.69, 9.17) is 0 Å². The van der Waals surface area contributed by atoms with Gasteiger partial charge in [0, 0.05) is 23.0 Å². The predicted octanol–water partition coefficient (Wildman–Crippen LogP) is 3.20. The van der Waals surface area contributed by atoms with Gasteiger partial charge in [-0.05, 0) is 29.5 Å². The lowest BCUT2D eigenvalue weighted by molar-refractivity contribution is 0.179. The maximum atomic E-state index is 4.52. The molecule has 0 spiro atoms. The van der Waals surface area contributed by atoms with Gasteiger partial charge in [-0.2, -0.15) is 0 Å². The summed E-state index contributed by atoms with van der Waals surface area (Å²) in [5, 5.41) is 15.0. The van der Waals surface area contributed by atoms with Crippen molar-refractivity contribution >= 4 is 11.3 Å². The molecule has 22 heavy (non-hydrogen) atoms. The molecule has 0 aliphatic carbocycles. The Morgan fingerprint density at radius 3 is 2.86 bits per heavy atom. The van der Waals surface area contributed by atoms with E-state index in [2.05, 4.69) is 37.8 Å². The SMILES string of the molecule is c1ccc(-c2nnn(CN3CCCC3c3cccs3)n2)cc1. The summed E-state index contributed by atoms with van der Waals surface area (Å²) >= 11 is 1.83. The zero-order valence-corrected chi connectivity index (χ0v) is 13.0. The van der Waals surface area contributed by atoms with E-state index in [0.29, 0.717) is 18.5 Å². The maximum absolute atomic E-state index is 4.52. The third-order valence-electron chi connectivity index (χ3n) is 4.03. The van der Waals surface area contributed by atoms with Gasteiger partial charge in [0.1, 0.15) is 6.67 Å². The minimum Gasteiger partial charge on any atom is -0.275 e. The number of nitrogens with zero attached hydrogens (tertiary/aromatic N) is 5. The lowest BCUT2D eigenvalue weighted by Gasteiger charge is -2.22. The highest BCUT2D eigenvalue weighted by Crippen LogP contribution is 2.34. The Balaban J connectivity index is 1.51. The summed E-state index contributed by atoms with van der Waals surface area (Å²) in [6.07, 6.45) is 2.43. The monoisotopic (exact) mass is 311 g/mol. The smallest absolute Gasteiger partial charge is 0.204 e. The summed E-state index contributed by atoms with van der Waals surface area (Å²) in [7, 11) is 0. The van der Waals surface area contributed by atoms with E-state index in [-0.39, 0.29) is 0 Å². The maximum Gasteiger partial charge on any atom is 0.204 e.